The van der Waals surface area contributed by atoms with Gasteiger partial charge < -0.3 is 30.1 Å². The predicted molar refractivity (Wildman–Crippen MR) is 164 cm³/mol. The van der Waals surface area contributed by atoms with Gasteiger partial charge in [-0.1, -0.05) is 48.0 Å². The fourth-order valence-corrected chi connectivity index (χ4v) is 6.91. The highest BCUT2D eigenvalue weighted by atomic mass is 32.2. The number of aromatic amines is 1. The molecule has 4 rings (SSSR count). The summed E-state index contributed by atoms with van der Waals surface area (Å²) < 4.78 is 39.6. The van der Waals surface area contributed by atoms with Gasteiger partial charge >= 0.3 is 12.1 Å². The number of rotatable bonds is 14. The summed E-state index contributed by atoms with van der Waals surface area (Å²) in [5.41, 5.74) is 2.68. The first-order valence-electron chi connectivity index (χ1n) is 14.3. The van der Waals surface area contributed by atoms with Gasteiger partial charge in [0.25, 0.3) is 0 Å². The van der Waals surface area contributed by atoms with E-state index in [4.69, 9.17) is 9.47 Å². The molecule has 3 atom stereocenters. The van der Waals surface area contributed by atoms with E-state index in [1.165, 1.54) is 0 Å². The van der Waals surface area contributed by atoms with Crippen LogP contribution < -0.4 is 15.4 Å². The summed E-state index contributed by atoms with van der Waals surface area (Å²) in [7, 11) is -4.20. The van der Waals surface area contributed by atoms with Crippen molar-refractivity contribution in [3.05, 3.63) is 77.0 Å². The van der Waals surface area contributed by atoms with Gasteiger partial charge in [0.05, 0.1) is 29.8 Å². The van der Waals surface area contributed by atoms with Crippen LogP contribution in [-0.4, -0.2) is 91.0 Å². The van der Waals surface area contributed by atoms with Crippen molar-refractivity contribution in [1.29, 1.82) is 0 Å². The van der Waals surface area contributed by atoms with Gasteiger partial charge in [-0.25, -0.2) is 13.2 Å². The number of aryl methyl sites for hydroxylation is 3. The number of hydrogen-bond acceptors (Lipinski definition) is 9. The summed E-state index contributed by atoms with van der Waals surface area (Å²) in [5.74, 6) is -1.41. The Bertz CT molecular complexity index is 1560. The first-order valence-corrected chi connectivity index (χ1v) is 15.8. The van der Waals surface area contributed by atoms with Gasteiger partial charge in [-0.2, -0.15) is 9.82 Å². The van der Waals surface area contributed by atoms with Crippen LogP contribution in [0.5, 0.6) is 0 Å². The van der Waals surface area contributed by atoms with Crippen LogP contribution >= 0.6 is 0 Å². The van der Waals surface area contributed by atoms with Crippen molar-refractivity contribution in [3.8, 4) is 0 Å². The van der Waals surface area contributed by atoms with Crippen LogP contribution in [0.2, 0.25) is 0 Å². The number of likely N-dealkylation sites (tertiary alicyclic amines) is 1. The Balaban J connectivity index is 1.31. The van der Waals surface area contributed by atoms with Crippen LogP contribution in [0.1, 0.15) is 28.7 Å². The average molecular weight is 643 g/mol. The third-order valence-corrected chi connectivity index (χ3v) is 9.04. The molecule has 0 radical (unpaired) electrons. The second-order valence-electron chi connectivity index (χ2n) is 10.9. The summed E-state index contributed by atoms with van der Waals surface area (Å²) in [6, 6.07) is 12.5. The molecule has 45 heavy (non-hydrogen) atoms. The monoisotopic (exact) mass is 642 g/mol. The maximum atomic E-state index is 13.1. The number of benzene rings is 2. The minimum Gasteiger partial charge on any atom is -0.480 e. The molecular formula is C30H38N6O8S. The lowest BCUT2D eigenvalue weighted by atomic mass is 10.1. The van der Waals surface area contributed by atoms with Crippen LogP contribution in [0.3, 0.4) is 0 Å². The molecule has 1 aliphatic heterocycles. The number of sulfonamides is 1. The van der Waals surface area contributed by atoms with Gasteiger partial charge in [-0.3, -0.25) is 14.7 Å². The van der Waals surface area contributed by atoms with E-state index in [1.54, 1.807) is 43.1 Å². The van der Waals surface area contributed by atoms with Crippen molar-refractivity contribution >= 4 is 33.8 Å². The summed E-state index contributed by atoms with van der Waals surface area (Å²) in [5, 5.41) is 22.0. The van der Waals surface area contributed by atoms with Crippen molar-refractivity contribution in [2.24, 2.45) is 0 Å². The number of carboxylic acids is 1. The van der Waals surface area contributed by atoms with E-state index in [0.717, 1.165) is 11.1 Å². The average Bonchev–Trinajstić information content (AvgIpc) is 3.65. The molecule has 1 aliphatic rings. The molecule has 5 N–H and O–H groups in total. The summed E-state index contributed by atoms with van der Waals surface area (Å²) in [6.45, 7) is 4.82. The van der Waals surface area contributed by atoms with E-state index in [1.807, 2.05) is 37.3 Å². The highest BCUT2D eigenvalue weighted by Crippen LogP contribution is 2.23. The quantitative estimate of drug-likeness (QED) is 0.174. The van der Waals surface area contributed by atoms with Crippen molar-refractivity contribution in [1.82, 2.24) is 25.1 Å². The Kier molecular flexibility index (Phi) is 11.1. The first kappa shape index (κ1) is 33.4. The Morgan fingerprint density at radius 1 is 1.11 bits per heavy atom. The minimum absolute atomic E-state index is 0.00124. The van der Waals surface area contributed by atoms with E-state index >= 15 is 0 Å². The minimum atomic E-state index is -4.20. The van der Waals surface area contributed by atoms with Crippen LogP contribution in [0.25, 0.3) is 0 Å². The lowest BCUT2D eigenvalue weighted by Gasteiger charge is -2.24. The molecule has 0 saturated carbocycles. The van der Waals surface area contributed by atoms with Crippen LogP contribution in [-0.2, 0) is 35.7 Å². The van der Waals surface area contributed by atoms with Crippen molar-refractivity contribution in [2.75, 3.05) is 31.6 Å². The van der Waals surface area contributed by atoms with E-state index in [0.29, 0.717) is 29.9 Å². The summed E-state index contributed by atoms with van der Waals surface area (Å²) in [6.07, 6.45) is 0.968. The van der Waals surface area contributed by atoms with Crippen molar-refractivity contribution < 1.29 is 37.4 Å². The van der Waals surface area contributed by atoms with Gasteiger partial charge in [0, 0.05) is 13.1 Å². The number of anilines is 1. The number of carbonyl (C=O) groups is 3. The van der Waals surface area contributed by atoms with Gasteiger partial charge in [-0.15, -0.1) is 0 Å². The molecule has 0 spiro atoms. The Labute approximate surface area is 261 Å². The molecule has 1 aromatic heterocycles. The Morgan fingerprint density at radius 3 is 2.47 bits per heavy atom. The van der Waals surface area contributed by atoms with E-state index in [2.05, 4.69) is 25.6 Å². The lowest BCUT2D eigenvalue weighted by Crippen LogP contribution is -2.49. The number of nitrogens with one attached hydrogen (secondary N) is 4. The van der Waals surface area contributed by atoms with Gasteiger partial charge in [0.1, 0.15) is 25.1 Å². The zero-order valence-electron chi connectivity index (χ0n) is 25.3. The number of nitrogens with zero attached hydrogens (tertiary/aromatic N) is 2. The molecule has 1 fully saturated rings. The predicted octanol–water partition coefficient (Wildman–Crippen LogP) is 2.09. The number of hydrogen-bond donors (Lipinski definition) is 5. The zero-order chi connectivity index (χ0) is 32.6. The Hall–Kier alpha value is -4.47. The number of ether oxygens (including phenoxy) is 2. The van der Waals surface area contributed by atoms with E-state index < -0.39 is 53.3 Å². The Morgan fingerprint density at radius 2 is 1.82 bits per heavy atom. The number of carboxylic acid groups (broad SMARTS) is 1. The van der Waals surface area contributed by atoms with Crippen LogP contribution in [0, 0.1) is 20.8 Å². The number of H-pyrrole nitrogens is 1. The maximum Gasteiger partial charge on any atom is 0.410 e. The SMILES string of the molecule is Cc1cc(C)c(S(=O)(=O)N[C@@H](CNC(=O)CO[C@@H]2C[C@@H](CNc3ccn[nH]3)N(C(=O)OCc3ccccc3)C2)C(=O)O)c(C)c1. The molecular weight excluding hydrogens is 604 g/mol. The zero-order valence-corrected chi connectivity index (χ0v) is 26.1. The molecule has 2 amide bonds. The lowest BCUT2D eigenvalue weighted by molar-refractivity contribution is -0.139. The molecule has 242 valence electrons. The van der Waals surface area contributed by atoms with Gasteiger partial charge in [-0.05, 0) is 49.9 Å². The molecule has 0 aliphatic carbocycles. The number of aromatic nitrogens is 2. The van der Waals surface area contributed by atoms with Gasteiger partial charge in [0.15, 0.2) is 0 Å². The molecule has 2 aromatic carbocycles. The van der Waals surface area contributed by atoms with Crippen LogP contribution in [0.4, 0.5) is 10.6 Å². The van der Waals surface area contributed by atoms with E-state index in [-0.39, 0.29) is 24.1 Å². The molecule has 3 aromatic rings. The molecule has 0 bridgehead atoms. The first-order chi connectivity index (χ1) is 21.4. The number of aliphatic carboxylic acids is 1. The van der Waals surface area contributed by atoms with E-state index in [9.17, 15) is 27.9 Å². The number of carbonyl (C=O) groups excluding carboxylic acids is 2. The molecule has 0 unspecified atom stereocenters. The summed E-state index contributed by atoms with van der Waals surface area (Å²) in [4.78, 5) is 39.0. The molecule has 14 nitrogen and oxygen atoms in total. The van der Waals surface area contributed by atoms with Gasteiger partial charge in [0.2, 0.25) is 15.9 Å². The van der Waals surface area contributed by atoms with Crippen molar-refractivity contribution in [2.45, 2.75) is 56.9 Å². The largest absolute Gasteiger partial charge is 0.480 e. The molecule has 15 heteroatoms. The fraction of sp³-hybridized carbons (Fsp3) is 0.400. The standard InChI is InChI=1S/C30H38N6O8S/c1-19-11-20(2)28(21(3)12-19)45(41,42)35-25(29(38)39)15-32-27(37)18-43-24-13-23(14-31-26-9-10-33-34-26)36(16-24)30(40)44-17-22-7-5-4-6-8-22/h4-12,23-25,35H,13-18H2,1-3H3,(H,32,37)(H,38,39)(H2,31,33,34)/t23-,24+,25-/m0/s1. The third kappa shape index (κ3) is 9.26. The highest BCUT2D eigenvalue weighted by molar-refractivity contribution is 7.89. The smallest absolute Gasteiger partial charge is 0.410 e. The molecule has 2 heterocycles. The second kappa shape index (κ2) is 15.0. The third-order valence-electron chi connectivity index (χ3n) is 7.27. The maximum absolute atomic E-state index is 13.1. The highest BCUT2D eigenvalue weighted by Gasteiger charge is 2.37. The fourth-order valence-electron chi connectivity index (χ4n) is 5.27. The second-order valence-corrected chi connectivity index (χ2v) is 12.6. The molecule has 1 saturated heterocycles. The number of amides is 2. The topological polar surface area (TPSA) is 192 Å². The normalized spacial score (nSPS) is 17.1. The van der Waals surface area contributed by atoms with Crippen LogP contribution in [0.15, 0.2) is 59.6 Å². The summed E-state index contributed by atoms with van der Waals surface area (Å²) >= 11 is 0. The van der Waals surface area contributed by atoms with Crippen molar-refractivity contribution in [3.63, 3.8) is 0 Å².